The van der Waals surface area contributed by atoms with Gasteiger partial charge in [0, 0.05) is 24.1 Å². The molecule has 6 heteroatoms. The van der Waals surface area contributed by atoms with Crippen molar-refractivity contribution in [3.63, 3.8) is 0 Å². The number of fused-ring (bicyclic) bond motifs is 1. The molecule has 3 aromatic rings. The molecule has 3 rings (SSSR count). The van der Waals surface area contributed by atoms with Gasteiger partial charge in [0.1, 0.15) is 22.2 Å². The smallest absolute Gasteiger partial charge is 0.139 e. The highest BCUT2D eigenvalue weighted by atomic mass is 32.1. The van der Waals surface area contributed by atoms with E-state index in [1.54, 1.807) is 11.3 Å². The van der Waals surface area contributed by atoms with Crippen molar-refractivity contribution in [2.24, 2.45) is 0 Å². The molecule has 0 spiro atoms. The zero-order valence-electron chi connectivity index (χ0n) is 13.9. The number of thiophene rings is 1. The van der Waals surface area contributed by atoms with Crippen LogP contribution < -0.4 is 10.1 Å². The summed E-state index contributed by atoms with van der Waals surface area (Å²) in [7, 11) is 0. The van der Waals surface area contributed by atoms with Crippen LogP contribution in [0.5, 0.6) is 5.75 Å². The Morgan fingerprint density at radius 3 is 2.71 bits per heavy atom. The molecule has 0 amide bonds. The highest BCUT2D eigenvalue weighted by molar-refractivity contribution is 7.17. The number of nitrogens with one attached hydrogen (secondary N) is 1. The third-order valence-corrected chi connectivity index (χ3v) is 4.52. The molecule has 1 aromatic carbocycles. The largest absolute Gasteiger partial charge is 0.494 e. The molecule has 126 valence electrons. The van der Waals surface area contributed by atoms with Crippen molar-refractivity contribution < 1.29 is 9.84 Å². The van der Waals surface area contributed by atoms with Crippen LogP contribution in [0.15, 0.2) is 29.6 Å². The van der Waals surface area contributed by atoms with Crippen molar-refractivity contribution in [3.05, 3.63) is 35.5 Å². The number of aliphatic hydroxyl groups is 1. The van der Waals surface area contributed by atoms with E-state index in [1.165, 1.54) is 0 Å². The minimum absolute atomic E-state index is 0.162. The van der Waals surface area contributed by atoms with E-state index >= 15 is 0 Å². The summed E-state index contributed by atoms with van der Waals surface area (Å²) >= 11 is 1.62. The maximum absolute atomic E-state index is 8.99. The second-order valence-electron chi connectivity index (χ2n) is 5.41. The maximum Gasteiger partial charge on any atom is 0.139 e. The Labute approximate surface area is 145 Å². The van der Waals surface area contributed by atoms with Crippen molar-refractivity contribution in [2.75, 3.05) is 25.1 Å². The van der Waals surface area contributed by atoms with Gasteiger partial charge >= 0.3 is 0 Å². The summed E-state index contributed by atoms with van der Waals surface area (Å²) in [6, 6.07) is 8.08. The van der Waals surface area contributed by atoms with E-state index in [2.05, 4.69) is 32.8 Å². The van der Waals surface area contributed by atoms with E-state index in [1.807, 2.05) is 26.0 Å². The van der Waals surface area contributed by atoms with Crippen LogP contribution in [-0.4, -0.2) is 34.8 Å². The fourth-order valence-electron chi connectivity index (χ4n) is 2.57. The molecule has 2 N–H and O–H groups in total. The first-order valence-corrected chi connectivity index (χ1v) is 8.94. The summed E-state index contributed by atoms with van der Waals surface area (Å²) in [6.45, 7) is 5.38. The van der Waals surface area contributed by atoms with Crippen molar-refractivity contribution in [2.45, 2.75) is 20.3 Å². The monoisotopic (exact) mass is 343 g/mol. The zero-order valence-corrected chi connectivity index (χ0v) is 14.7. The standard InChI is InChI=1S/C18H21N3O2S/c1-3-23-14-7-5-13(6-8-14)15-11-24-18-16(15)17(19-9-4-10-22)20-12(2)21-18/h5-8,11,22H,3-4,9-10H2,1-2H3,(H,19,20,21). The van der Waals surface area contributed by atoms with Gasteiger partial charge in [0.2, 0.25) is 0 Å². The first-order valence-electron chi connectivity index (χ1n) is 8.06. The lowest BCUT2D eigenvalue weighted by Crippen LogP contribution is -2.06. The predicted octanol–water partition coefficient (Wildman–Crippen LogP) is 3.86. The third kappa shape index (κ3) is 3.49. The Kier molecular flexibility index (Phi) is 5.27. The van der Waals surface area contributed by atoms with E-state index in [9.17, 15) is 0 Å². The summed E-state index contributed by atoms with van der Waals surface area (Å²) in [6.07, 6.45) is 0.688. The van der Waals surface area contributed by atoms with Crippen LogP contribution in [0.25, 0.3) is 21.3 Å². The average molecular weight is 343 g/mol. The van der Waals surface area contributed by atoms with Gasteiger partial charge in [-0.05, 0) is 38.0 Å². The quantitative estimate of drug-likeness (QED) is 0.638. The summed E-state index contributed by atoms with van der Waals surface area (Å²) in [5.41, 5.74) is 2.23. The Morgan fingerprint density at radius 1 is 1.21 bits per heavy atom. The van der Waals surface area contributed by atoms with Gasteiger partial charge < -0.3 is 15.2 Å². The van der Waals surface area contributed by atoms with Gasteiger partial charge in [-0.2, -0.15) is 0 Å². The van der Waals surface area contributed by atoms with Gasteiger partial charge in [-0.15, -0.1) is 11.3 Å². The molecule has 0 bridgehead atoms. The first-order chi connectivity index (χ1) is 11.7. The average Bonchev–Trinajstić information content (AvgIpc) is 3.00. The summed E-state index contributed by atoms with van der Waals surface area (Å²) in [5, 5.41) is 15.5. The van der Waals surface area contributed by atoms with Gasteiger partial charge in [-0.25, -0.2) is 9.97 Å². The normalized spacial score (nSPS) is 11.0. The van der Waals surface area contributed by atoms with Crippen molar-refractivity contribution in [1.29, 1.82) is 0 Å². The molecule has 0 saturated heterocycles. The highest BCUT2D eigenvalue weighted by Crippen LogP contribution is 2.37. The SMILES string of the molecule is CCOc1ccc(-c2csc3nc(C)nc(NCCCO)c23)cc1. The second-order valence-corrected chi connectivity index (χ2v) is 6.27. The number of hydrogen-bond donors (Lipinski definition) is 2. The first kappa shape index (κ1) is 16.7. The number of aromatic nitrogens is 2. The molecule has 0 aliphatic rings. The summed E-state index contributed by atoms with van der Waals surface area (Å²) in [4.78, 5) is 10.1. The highest BCUT2D eigenvalue weighted by Gasteiger charge is 2.14. The fraction of sp³-hybridized carbons (Fsp3) is 0.333. The molecule has 0 aliphatic carbocycles. The summed E-state index contributed by atoms with van der Waals surface area (Å²) < 4.78 is 5.51. The molecule has 0 saturated carbocycles. The number of anilines is 1. The lowest BCUT2D eigenvalue weighted by atomic mass is 10.1. The minimum Gasteiger partial charge on any atom is -0.494 e. The van der Waals surface area contributed by atoms with E-state index in [-0.39, 0.29) is 6.61 Å². The van der Waals surface area contributed by atoms with Crippen molar-refractivity contribution >= 4 is 27.4 Å². The van der Waals surface area contributed by atoms with Crippen molar-refractivity contribution in [3.8, 4) is 16.9 Å². The van der Waals surface area contributed by atoms with E-state index in [4.69, 9.17) is 9.84 Å². The van der Waals surface area contributed by atoms with Crippen LogP contribution in [0.2, 0.25) is 0 Å². The predicted molar refractivity (Wildman–Crippen MR) is 98.9 cm³/mol. The van der Waals surface area contributed by atoms with Crippen LogP contribution in [-0.2, 0) is 0 Å². The summed E-state index contributed by atoms with van der Waals surface area (Å²) in [5.74, 6) is 2.44. The second kappa shape index (κ2) is 7.59. The fourth-order valence-corrected chi connectivity index (χ4v) is 3.56. The van der Waals surface area contributed by atoms with Crippen molar-refractivity contribution in [1.82, 2.24) is 9.97 Å². The van der Waals surface area contributed by atoms with Gasteiger partial charge in [-0.3, -0.25) is 0 Å². The van der Waals surface area contributed by atoms with Gasteiger partial charge in [0.15, 0.2) is 0 Å². The van der Waals surface area contributed by atoms with Gasteiger partial charge in [0.05, 0.1) is 12.0 Å². The van der Waals surface area contributed by atoms with Gasteiger partial charge in [0.25, 0.3) is 0 Å². The molecule has 2 heterocycles. The van der Waals surface area contributed by atoms with Crippen LogP contribution in [0.1, 0.15) is 19.2 Å². The van der Waals surface area contributed by atoms with Crippen LogP contribution in [0.3, 0.4) is 0 Å². The number of hydrogen-bond acceptors (Lipinski definition) is 6. The van der Waals surface area contributed by atoms with Crippen LogP contribution in [0, 0.1) is 6.92 Å². The Hall–Kier alpha value is -2.18. The lowest BCUT2D eigenvalue weighted by Gasteiger charge is -2.09. The number of rotatable bonds is 7. The molecule has 2 aromatic heterocycles. The molecular weight excluding hydrogens is 322 g/mol. The molecular formula is C18H21N3O2S. The molecule has 5 nitrogen and oxygen atoms in total. The Morgan fingerprint density at radius 2 is 2.00 bits per heavy atom. The van der Waals surface area contributed by atoms with Crippen LogP contribution in [0.4, 0.5) is 5.82 Å². The maximum atomic E-state index is 8.99. The molecule has 0 radical (unpaired) electrons. The lowest BCUT2D eigenvalue weighted by molar-refractivity contribution is 0.292. The minimum atomic E-state index is 0.162. The number of nitrogens with zero attached hydrogens (tertiary/aromatic N) is 2. The molecule has 0 atom stereocenters. The van der Waals surface area contributed by atoms with Gasteiger partial charge in [-0.1, -0.05) is 12.1 Å². The third-order valence-electron chi connectivity index (χ3n) is 3.65. The number of aliphatic hydroxyl groups excluding tert-OH is 1. The number of benzene rings is 1. The number of aryl methyl sites for hydroxylation is 1. The number of ether oxygens (including phenoxy) is 1. The topological polar surface area (TPSA) is 67.3 Å². The Balaban J connectivity index is 2.01. The molecule has 0 fully saturated rings. The molecule has 24 heavy (non-hydrogen) atoms. The molecule has 0 aliphatic heterocycles. The van der Waals surface area contributed by atoms with Crippen LogP contribution >= 0.6 is 11.3 Å². The zero-order chi connectivity index (χ0) is 16.9. The van der Waals surface area contributed by atoms with E-state index in [0.717, 1.165) is 38.7 Å². The molecule has 0 unspecified atom stereocenters. The Bertz CT molecular complexity index is 815. The van der Waals surface area contributed by atoms with E-state index in [0.29, 0.717) is 19.6 Å². The van der Waals surface area contributed by atoms with E-state index < -0.39 is 0 Å².